The van der Waals surface area contributed by atoms with Crippen LogP contribution in [0.1, 0.15) is 25.8 Å². The quantitative estimate of drug-likeness (QED) is 0.739. The fourth-order valence-electron chi connectivity index (χ4n) is 2.04. The molecule has 112 valence electrons. The Bertz CT molecular complexity index is 418. The van der Waals surface area contributed by atoms with E-state index < -0.39 is 0 Å². The Morgan fingerprint density at radius 3 is 2.50 bits per heavy atom. The van der Waals surface area contributed by atoms with Crippen LogP contribution in [-0.2, 0) is 11.3 Å². The number of hydrogen-bond acceptors (Lipinski definition) is 3. The number of likely N-dealkylation sites (N-methyl/N-ethyl adjacent to an activating group) is 2. The highest BCUT2D eigenvalue weighted by Crippen LogP contribution is 2.20. The molecule has 0 saturated heterocycles. The molecule has 20 heavy (non-hydrogen) atoms. The van der Waals surface area contributed by atoms with E-state index in [1.54, 1.807) is 19.0 Å². The van der Waals surface area contributed by atoms with Crippen LogP contribution in [0.15, 0.2) is 24.3 Å². The number of para-hydroxylation sites is 1. The van der Waals surface area contributed by atoms with Gasteiger partial charge in [0.25, 0.3) is 0 Å². The molecule has 4 heteroatoms. The minimum Gasteiger partial charge on any atom is -0.362 e. The third kappa shape index (κ3) is 4.85. The fraction of sp³-hybridized carbons (Fsp3) is 0.562. The predicted molar refractivity (Wildman–Crippen MR) is 85.0 cm³/mol. The summed E-state index contributed by atoms with van der Waals surface area (Å²) in [6, 6.07) is 8.30. The van der Waals surface area contributed by atoms with Gasteiger partial charge in [0.1, 0.15) is 0 Å². The van der Waals surface area contributed by atoms with Crippen molar-refractivity contribution in [1.82, 2.24) is 10.2 Å². The number of rotatable bonds is 8. The van der Waals surface area contributed by atoms with Crippen molar-refractivity contribution in [3.05, 3.63) is 29.8 Å². The SMILES string of the molecule is CCCNCc1ccccc1N(CC)CC(=O)N(C)C. The first-order chi connectivity index (χ1) is 9.60. The second kappa shape index (κ2) is 8.59. The predicted octanol–water partition coefficient (Wildman–Crippen LogP) is 2.10. The molecule has 1 aromatic rings. The zero-order valence-electron chi connectivity index (χ0n) is 13.1. The summed E-state index contributed by atoms with van der Waals surface area (Å²) in [6.07, 6.45) is 1.12. The molecule has 0 unspecified atom stereocenters. The summed E-state index contributed by atoms with van der Waals surface area (Å²) < 4.78 is 0. The third-order valence-electron chi connectivity index (χ3n) is 3.28. The van der Waals surface area contributed by atoms with E-state index >= 15 is 0 Å². The maximum atomic E-state index is 11.9. The van der Waals surface area contributed by atoms with Crippen LogP contribution in [0, 0.1) is 0 Å². The van der Waals surface area contributed by atoms with Crippen LogP contribution < -0.4 is 10.2 Å². The van der Waals surface area contributed by atoms with Crippen LogP contribution >= 0.6 is 0 Å². The van der Waals surface area contributed by atoms with Crippen molar-refractivity contribution >= 4 is 11.6 Å². The molecule has 0 bridgehead atoms. The Labute approximate surface area is 122 Å². The van der Waals surface area contributed by atoms with Crippen LogP contribution in [0.3, 0.4) is 0 Å². The first-order valence-corrected chi connectivity index (χ1v) is 7.33. The number of benzene rings is 1. The Morgan fingerprint density at radius 1 is 1.20 bits per heavy atom. The Balaban J connectivity index is 2.82. The van der Waals surface area contributed by atoms with Crippen LogP contribution in [-0.4, -0.2) is 44.5 Å². The standard InChI is InChI=1S/C16H27N3O/c1-5-11-17-12-14-9-7-8-10-15(14)19(6-2)13-16(20)18(3)4/h7-10,17H,5-6,11-13H2,1-4H3. The topological polar surface area (TPSA) is 35.6 Å². The van der Waals surface area contributed by atoms with Crippen molar-refractivity contribution in [3.63, 3.8) is 0 Å². The van der Waals surface area contributed by atoms with Crippen LogP contribution in [0.25, 0.3) is 0 Å². The third-order valence-corrected chi connectivity index (χ3v) is 3.28. The Hall–Kier alpha value is -1.55. The molecule has 0 saturated carbocycles. The van der Waals surface area contributed by atoms with Gasteiger partial charge in [0.05, 0.1) is 6.54 Å². The molecule has 1 rings (SSSR count). The number of carbonyl (C=O) groups excluding carboxylic acids is 1. The van der Waals surface area contributed by atoms with Crippen molar-refractivity contribution in [3.8, 4) is 0 Å². The summed E-state index contributed by atoms with van der Waals surface area (Å²) in [6.45, 7) is 7.35. The van der Waals surface area contributed by atoms with Gasteiger partial charge in [-0.25, -0.2) is 0 Å². The maximum absolute atomic E-state index is 11.9. The van der Waals surface area contributed by atoms with E-state index in [0.29, 0.717) is 6.54 Å². The molecule has 1 amide bonds. The van der Waals surface area contributed by atoms with Crippen molar-refractivity contribution < 1.29 is 4.79 Å². The Morgan fingerprint density at radius 2 is 1.90 bits per heavy atom. The van der Waals surface area contributed by atoms with E-state index in [-0.39, 0.29) is 5.91 Å². The van der Waals surface area contributed by atoms with E-state index in [1.165, 1.54) is 5.56 Å². The van der Waals surface area contributed by atoms with Crippen molar-refractivity contribution in [2.24, 2.45) is 0 Å². The van der Waals surface area contributed by atoms with Crippen molar-refractivity contribution in [2.45, 2.75) is 26.8 Å². The smallest absolute Gasteiger partial charge is 0.241 e. The van der Waals surface area contributed by atoms with Crippen molar-refractivity contribution in [1.29, 1.82) is 0 Å². The van der Waals surface area contributed by atoms with E-state index in [9.17, 15) is 4.79 Å². The largest absolute Gasteiger partial charge is 0.362 e. The monoisotopic (exact) mass is 277 g/mol. The molecule has 0 fully saturated rings. The van der Waals surface area contributed by atoms with Gasteiger partial charge in [-0.05, 0) is 31.5 Å². The average Bonchev–Trinajstić information content (AvgIpc) is 2.45. The molecule has 0 atom stereocenters. The van der Waals surface area contributed by atoms with Crippen LogP contribution in [0.5, 0.6) is 0 Å². The number of amides is 1. The van der Waals surface area contributed by atoms with Gasteiger partial charge < -0.3 is 15.1 Å². The van der Waals surface area contributed by atoms with Gasteiger partial charge in [-0.3, -0.25) is 4.79 Å². The van der Waals surface area contributed by atoms with E-state index in [4.69, 9.17) is 0 Å². The van der Waals surface area contributed by atoms with Crippen LogP contribution in [0.4, 0.5) is 5.69 Å². The van der Waals surface area contributed by atoms with E-state index in [1.807, 2.05) is 12.1 Å². The first kappa shape index (κ1) is 16.5. The molecule has 4 nitrogen and oxygen atoms in total. The first-order valence-electron chi connectivity index (χ1n) is 7.33. The summed E-state index contributed by atoms with van der Waals surface area (Å²) in [4.78, 5) is 15.7. The maximum Gasteiger partial charge on any atom is 0.241 e. The molecule has 0 radical (unpaired) electrons. The van der Waals surface area contributed by atoms with Crippen molar-refractivity contribution in [2.75, 3.05) is 38.6 Å². The lowest BCUT2D eigenvalue weighted by atomic mass is 10.1. The number of carbonyl (C=O) groups is 1. The van der Waals surface area contributed by atoms with E-state index in [0.717, 1.165) is 31.7 Å². The zero-order valence-corrected chi connectivity index (χ0v) is 13.1. The normalized spacial score (nSPS) is 10.4. The van der Waals surface area contributed by atoms with Gasteiger partial charge in [-0.15, -0.1) is 0 Å². The van der Waals surface area contributed by atoms with Gasteiger partial charge >= 0.3 is 0 Å². The summed E-state index contributed by atoms with van der Waals surface area (Å²) in [5.41, 5.74) is 2.39. The number of anilines is 1. The second-order valence-corrected chi connectivity index (χ2v) is 5.11. The lowest BCUT2D eigenvalue weighted by Gasteiger charge is -2.26. The highest BCUT2D eigenvalue weighted by Gasteiger charge is 2.14. The average molecular weight is 277 g/mol. The van der Waals surface area contributed by atoms with Gasteiger partial charge in [0, 0.05) is 32.9 Å². The van der Waals surface area contributed by atoms with Gasteiger partial charge in [0.2, 0.25) is 5.91 Å². The highest BCUT2D eigenvalue weighted by atomic mass is 16.2. The molecular formula is C16H27N3O. The number of nitrogens with zero attached hydrogens (tertiary/aromatic N) is 2. The molecule has 0 aliphatic heterocycles. The summed E-state index contributed by atoms with van der Waals surface area (Å²) in [5.74, 6) is 0.128. The van der Waals surface area contributed by atoms with Gasteiger partial charge in [-0.2, -0.15) is 0 Å². The molecule has 1 N–H and O–H groups in total. The van der Waals surface area contributed by atoms with E-state index in [2.05, 4.69) is 36.2 Å². The Kier molecular flexibility index (Phi) is 7.09. The summed E-state index contributed by atoms with van der Waals surface area (Å²) in [5, 5.41) is 3.42. The molecule has 0 heterocycles. The summed E-state index contributed by atoms with van der Waals surface area (Å²) >= 11 is 0. The van der Waals surface area contributed by atoms with Crippen LogP contribution in [0.2, 0.25) is 0 Å². The molecule has 1 aromatic carbocycles. The fourth-order valence-corrected chi connectivity index (χ4v) is 2.04. The number of nitrogens with one attached hydrogen (secondary N) is 1. The second-order valence-electron chi connectivity index (χ2n) is 5.11. The van der Waals surface area contributed by atoms with Gasteiger partial charge in [0.15, 0.2) is 0 Å². The molecule has 0 aliphatic rings. The minimum atomic E-state index is 0.128. The molecule has 0 aromatic heterocycles. The lowest BCUT2D eigenvalue weighted by Crippen LogP contribution is -2.37. The summed E-state index contributed by atoms with van der Waals surface area (Å²) in [7, 11) is 3.59. The minimum absolute atomic E-state index is 0.128. The molecular weight excluding hydrogens is 250 g/mol. The molecule has 0 aliphatic carbocycles. The molecule has 0 spiro atoms. The zero-order chi connectivity index (χ0) is 15.0. The lowest BCUT2D eigenvalue weighted by molar-refractivity contribution is -0.127. The van der Waals surface area contributed by atoms with Gasteiger partial charge in [-0.1, -0.05) is 25.1 Å². The highest BCUT2D eigenvalue weighted by molar-refractivity contribution is 5.81. The number of hydrogen-bond donors (Lipinski definition) is 1.